The van der Waals surface area contributed by atoms with Gasteiger partial charge in [-0.3, -0.25) is 0 Å². The topological polar surface area (TPSA) is 413 Å². The molecule has 0 spiro atoms. The summed E-state index contributed by atoms with van der Waals surface area (Å²) in [7, 11) is 2.28. The fraction of sp³-hybridized carbons (Fsp3) is 0.906. The van der Waals surface area contributed by atoms with Gasteiger partial charge in [0.1, 0.15) is 97.7 Å². The largest absolute Gasteiger partial charge is 0.548 e. The minimum absolute atomic E-state index is 0.510. The summed E-state index contributed by atoms with van der Waals surface area (Å²) in [6, 6.07) is 0. The summed E-state index contributed by atoms with van der Waals surface area (Å²) in [5, 5.41) is 130. The highest BCUT2D eigenvalue weighted by atomic mass is 16.8. The maximum atomic E-state index is 11.5. The number of aliphatic hydroxyl groups excluding tert-OH is 9. The number of ether oxygens (including phenoxy) is 12. The lowest BCUT2D eigenvalue weighted by Crippen LogP contribution is -2.68. The molecule has 10 unspecified atom stereocenters. The van der Waals surface area contributed by atoms with Gasteiger partial charge in [-0.05, 0) is 0 Å². The lowest BCUT2D eigenvalue weighted by atomic mass is 9.95. The van der Waals surface area contributed by atoms with Crippen LogP contribution in [-0.2, 0) is 71.2 Å². The van der Waals surface area contributed by atoms with Gasteiger partial charge < -0.3 is 133 Å². The fourth-order valence-corrected chi connectivity index (χ4v) is 6.82. The van der Waals surface area contributed by atoms with E-state index in [1.165, 1.54) is 0 Å². The highest BCUT2D eigenvalue weighted by Gasteiger charge is 2.56. The normalized spacial score (nSPS) is 43.0. The van der Waals surface area contributed by atoms with Gasteiger partial charge in [-0.25, -0.2) is 0 Å². The average Bonchev–Trinajstić information content (AvgIpc) is 3.19. The predicted octanol–water partition coefficient (Wildman–Crippen LogP) is -12.1. The molecule has 0 aromatic rings. The van der Waals surface area contributed by atoms with Gasteiger partial charge in [-0.2, -0.15) is 0 Å². The molecule has 0 radical (unpaired) electrons. The molecule has 4 aliphatic heterocycles. The first-order valence-electron chi connectivity index (χ1n) is 18.0. The number of carboxylic acid groups (broad SMARTS) is 3. The standard InChI is InChI=1S/C32H52O27/c1-48-24-12(5-50-7-14(35)36)56-31(21(45)17(24)41)57-25-10(3-33)53-30(22(46)19(25)43)58-26-11(4-34)54-32(28(23(26)47)52-9-16(39)40)59-27-13(6-51-8-15(37)38)55-29(49-2)20(44)18(27)42/h10-13,17-34,41-47H,3-9H2,1-2H3,(H,35,36)(H,37,38)(H,39,40)/p-3/t10?,11?,12?,13?,17-,18?,19?,20?,21?,22?,23+,24-,25-,26-,27-,28?,29-,30+,31+,32+/m1/s1. The molecule has 9 N–H and O–H groups in total. The van der Waals surface area contributed by atoms with Crippen molar-refractivity contribution >= 4 is 17.9 Å². The fourth-order valence-electron chi connectivity index (χ4n) is 6.82. The summed E-state index contributed by atoms with van der Waals surface area (Å²) in [4.78, 5) is 33.1. The highest BCUT2D eigenvalue weighted by molar-refractivity contribution is 5.66. The van der Waals surface area contributed by atoms with Crippen LogP contribution in [0.4, 0.5) is 0 Å². The van der Waals surface area contributed by atoms with E-state index in [0.29, 0.717) is 0 Å². The van der Waals surface area contributed by atoms with Crippen LogP contribution in [0.15, 0.2) is 0 Å². The van der Waals surface area contributed by atoms with Gasteiger partial charge in [-0.1, -0.05) is 0 Å². The van der Waals surface area contributed by atoms with Gasteiger partial charge in [-0.15, -0.1) is 0 Å². The van der Waals surface area contributed by atoms with E-state index in [-0.39, 0.29) is 0 Å². The molecular weight excluding hydrogens is 816 g/mol. The summed E-state index contributed by atoms with van der Waals surface area (Å²) >= 11 is 0. The van der Waals surface area contributed by atoms with Crippen molar-refractivity contribution < 1.29 is 133 Å². The van der Waals surface area contributed by atoms with E-state index in [0.717, 1.165) is 14.2 Å². The minimum atomic E-state index is -2.14. The summed E-state index contributed by atoms with van der Waals surface area (Å²) in [6.45, 7) is -6.14. The van der Waals surface area contributed by atoms with Crippen molar-refractivity contribution in [3.05, 3.63) is 0 Å². The average molecular weight is 866 g/mol. The molecule has 0 aromatic carbocycles. The summed E-state index contributed by atoms with van der Waals surface area (Å²) in [5.41, 5.74) is 0. The molecule has 4 fully saturated rings. The number of carbonyl (C=O) groups excluding carboxylic acids is 3. The Morgan fingerprint density at radius 3 is 1.29 bits per heavy atom. The third-order valence-corrected chi connectivity index (χ3v) is 9.67. The smallest absolute Gasteiger partial charge is 0.187 e. The number of hydrogen-bond acceptors (Lipinski definition) is 27. The van der Waals surface area contributed by atoms with Gasteiger partial charge in [0, 0.05) is 14.2 Å². The monoisotopic (exact) mass is 865 g/mol. The van der Waals surface area contributed by atoms with E-state index in [4.69, 9.17) is 56.8 Å². The second kappa shape index (κ2) is 22.6. The van der Waals surface area contributed by atoms with Crippen molar-refractivity contribution in [3.63, 3.8) is 0 Å². The van der Waals surface area contributed by atoms with Gasteiger partial charge in [0.2, 0.25) is 0 Å². The summed E-state index contributed by atoms with van der Waals surface area (Å²) in [5.74, 6) is -4.99. The van der Waals surface area contributed by atoms with Gasteiger partial charge in [0.15, 0.2) is 25.2 Å². The van der Waals surface area contributed by atoms with E-state index < -0.39 is 187 Å². The third kappa shape index (κ3) is 12.1. The van der Waals surface area contributed by atoms with E-state index in [1.807, 2.05) is 0 Å². The van der Waals surface area contributed by atoms with Crippen molar-refractivity contribution in [2.45, 2.75) is 123 Å². The first-order chi connectivity index (χ1) is 28.0. The molecule has 59 heavy (non-hydrogen) atoms. The van der Waals surface area contributed by atoms with Gasteiger partial charge in [0.05, 0.1) is 64.2 Å². The molecule has 20 atom stereocenters. The van der Waals surface area contributed by atoms with Crippen LogP contribution < -0.4 is 15.3 Å². The molecule has 27 heteroatoms. The van der Waals surface area contributed by atoms with Crippen molar-refractivity contribution in [2.24, 2.45) is 0 Å². The molecule has 0 bridgehead atoms. The van der Waals surface area contributed by atoms with Gasteiger partial charge in [0.25, 0.3) is 0 Å². The van der Waals surface area contributed by atoms with Crippen LogP contribution >= 0.6 is 0 Å². The molecule has 4 heterocycles. The molecule has 0 aromatic heterocycles. The van der Waals surface area contributed by atoms with E-state index in [9.17, 15) is 75.7 Å². The van der Waals surface area contributed by atoms with Crippen LogP contribution in [0.1, 0.15) is 0 Å². The molecule has 0 amide bonds. The first-order valence-corrected chi connectivity index (χ1v) is 18.0. The molecule has 0 saturated carbocycles. The molecule has 4 rings (SSSR count). The number of hydrogen-bond donors (Lipinski definition) is 9. The predicted molar refractivity (Wildman–Crippen MR) is 170 cm³/mol. The summed E-state index contributed by atoms with van der Waals surface area (Å²) in [6.07, 6.45) is -35.4. The second-order valence-corrected chi connectivity index (χ2v) is 13.6. The molecule has 27 nitrogen and oxygen atoms in total. The molecule has 0 aliphatic carbocycles. The van der Waals surface area contributed by atoms with Crippen molar-refractivity contribution in [3.8, 4) is 0 Å². The number of carbonyl (C=O) groups is 3. The number of carboxylic acids is 3. The van der Waals surface area contributed by atoms with Crippen LogP contribution in [0.5, 0.6) is 0 Å². The molecular formula is C32H49O27-3. The van der Waals surface area contributed by atoms with Crippen molar-refractivity contribution in [2.75, 3.05) is 60.5 Å². The Balaban J connectivity index is 1.51. The van der Waals surface area contributed by atoms with Crippen molar-refractivity contribution in [1.82, 2.24) is 0 Å². The van der Waals surface area contributed by atoms with Crippen LogP contribution in [0.3, 0.4) is 0 Å². The van der Waals surface area contributed by atoms with E-state index >= 15 is 0 Å². The Morgan fingerprint density at radius 2 is 0.831 bits per heavy atom. The van der Waals surface area contributed by atoms with Crippen LogP contribution in [-0.4, -0.2) is 247 Å². The number of aliphatic carboxylic acids is 3. The van der Waals surface area contributed by atoms with Crippen LogP contribution in [0.25, 0.3) is 0 Å². The lowest BCUT2D eigenvalue weighted by Gasteiger charge is -2.49. The van der Waals surface area contributed by atoms with E-state index in [1.54, 1.807) is 0 Å². The Kier molecular flexibility index (Phi) is 18.9. The van der Waals surface area contributed by atoms with Crippen LogP contribution in [0.2, 0.25) is 0 Å². The second-order valence-electron chi connectivity index (χ2n) is 13.6. The van der Waals surface area contributed by atoms with Crippen LogP contribution in [0, 0.1) is 0 Å². The zero-order valence-corrected chi connectivity index (χ0v) is 31.4. The quantitative estimate of drug-likeness (QED) is 0.0517. The Labute approximate surface area is 333 Å². The Bertz CT molecular complexity index is 1330. The zero-order chi connectivity index (χ0) is 43.7. The van der Waals surface area contributed by atoms with Gasteiger partial charge >= 0.3 is 0 Å². The highest BCUT2D eigenvalue weighted by Crippen LogP contribution is 2.35. The number of methoxy groups -OCH3 is 2. The molecule has 342 valence electrons. The third-order valence-electron chi connectivity index (χ3n) is 9.67. The minimum Gasteiger partial charge on any atom is -0.548 e. The Hall–Kier alpha value is -2.43. The maximum Gasteiger partial charge on any atom is 0.187 e. The SMILES string of the molecule is CO[C@@H]1OC(COCC(=O)[O-])[C@@H](O[C@@H]2OC(CO)[C@@H](O[C@@H]3OC(CO)[C@@H](O[C@@H]4OC(COCC(=O)[O-])[C@@H](OC)[C@H](O)C4O)C(O)C3O)[C@H](O)C2OCC(=O)[O-])C(O)C1O. The molecule has 4 aliphatic rings. The van der Waals surface area contributed by atoms with E-state index in [2.05, 4.69) is 0 Å². The Morgan fingerprint density at radius 1 is 0.458 bits per heavy atom. The summed E-state index contributed by atoms with van der Waals surface area (Å²) < 4.78 is 65.1. The zero-order valence-electron chi connectivity index (χ0n) is 31.4. The maximum absolute atomic E-state index is 11.5. The number of aliphatic hydroxyl groups is 9. The van der Waals surface area contributed by atoms with Crippen molar-refractivity contribution in [1.29, 1.82) is 0 Å². The number of rotatable bonds is 21. The first kappa shape index (κ1) is 49.2. The lowest BCUT2D eigenvalue weighted by molar-refractivity contribution is -0.391. The molecule has 4 saturated heterocycles.